The molecule has 0 bridgehead atoms. The van der Waals surface area contributed by atoms with Gasteiger partial charge in [-0.05, 0) is 36.6 Å². The molecule has 0 saturated heterocycles. The van der Waals surface area contributed by atoms with Gasteiger partial charge in [-0.15, -0.1) is 0 Å². The normalized spacial score (nSPS) is 16.6. The second-order valence-corrected chi connectivity index (χ2v) is 5.17. The van der Waals surface area contributed by atoms with Crippen LogP contribution in [0.4, 0.5) is 0 Å². The summed E-state index contributed by atoms with van der Waals surface area (Å²) in [5, 5.41) is 3.60. The van der Waals surface area contributed by atoms with Crippen LogP contribution < -0.4 is 10.1 Å². The number of rotatable bonds is 4. The van der Waals surface area contributed by atoms with Gasteiger partial charge in [0.05, 0.1) is 7.11 Å². The maximum atomic E-state index is 5.23. The van der Waals surface area contributed by atoms with Crippen LogP contribution in [-0.2, 0) is 6.54 Å². The molecule has 1 aromatic rings. The molecule has 0 spiro atoms. The molecule has 1 saturated carbocycles. The number of hydrogen-bond donors (Lipinski definition) is 1. The number of ether oxygens (including phenoxy) is 1. The maximum Gasteiger partial charge on any atom is 0.119 e. The molecule has 16 heavy (non-hydrogen) atoms. The van der Waals surface area contributed by atoms with Gasteiger partial charge in [0.15, 0.2) is 0 Å². The lowest BCUT2D eigenvalue weighted by Crippen LogP contribution is -2.25. The van der Waals surface area contributed by atoms with Crippen LogP contribution in [-0.4, -0.2) is 13.2 Å². The van der Waals surface area contributed by atoms with Crippen LogP contribution in [0.3, 0.4) is 0 Å². The van der Waals surface area contributed by atoms with Gasteiger partial charge in [0.25, 0.3) is 0 Å². The Kier molecular flexibility index (Phi) is 4.24. The minimum Gasteiger partial charge on any atom is -0.497 e. The van der Waals surface area contributed by atoms with Gasteiger partial charge >= 0.3 is 0 Å². The van der Waals surface area contributed by atoms with Gasteiger partial charge in [0.2, 0.25) is 0 Å². The molecule has 0 atom stereocenters. The van der Waals surface area contributed by atoms with Crippen molar-refractivity contribution in [3.8, 4) is 5.75 Å². The summed E-state index contributed by atoms with van der Waals surface area (Å²) in [5.74, 6) is 0.923. The average Bonchev–Trinajstić information content (AvgIpc) is 2.81. The second-order valence-electron chi connectivity index (χ2n) is 4.32. The molecule has 1 aliphatic rings. The van der Waals surface area contributed by atoms with Crippen LogP contribution in [0, 0.1) is 0 Å². The summed E-state index contributed by atoms with van der Waals surface area (Å²) in [5.41, 5.74) is 1.27. The van der Waals surface area contributed by atoms with E-state index in [0.29, 0.717) is 6.04 Å². The lowest BCUT2D eigenvalue weighted by atomic mass is 10.2. The third kappa shape index (κ3) is 2.98. The SMILES string of the molecule is COc1ccc(Br)c(CNC2CCCC2)c1. The summed E-state index contributed by atoms with van der Waals surface area (Å²) in [7, 11) is 1.71. The molecular formula is C13H18BrNO. The van der Waals surface area contributed by atoms with E-state index in [1.807, 2.05) is 12.1 Å². The number of halogens is 1. The molecule has 88 valence electrons. The van der Waals surface area contributed by atoms with Crippen molar-refractivity contribution >= 4 is 15.9 Å². The molecule has 1 N–H and O–H groups in total. The van der Waals surface area contributed by atoms with E-state index in [9.17, 15) is 0 Å². The predicted molar refractivity (Wildman–Crippen MR) is 69.8 cm³/mol. The molecule has 2 rings (SSSR count). The second kappa shape index (κ2) is 5.69. The van der Waals surface area contributed by atoms with Gasteiger partial charge < -0.3 is 10.1 Å². The fourth-order valence-corrected chi connectivity index (χ4v) is 2.58. The zero-order chi connectivity index (χ0) is 11.4. The van der Waals surface area contributed by atoms with Gasteiger partial charge in [-0.25, -0.2) is 0 Å². The summed E-state index contributed by atoms with van der Waals surface area (Å²) >= 11 is 3.57. The first-order valence-corrected chi connectivity index (χ1v) is 6.64. The Balaban J connectivity index is 1.96. The van der Waals surface area contributed by atoms with E-state index in [1.54, 1.807) is 7.11 Å². The number of nitrogens with one attached hydrogen (secondary N) is 1. The van der Waals surface area contributed by atoms with Crippen LogP contribution in [0.5, 0.6) is 5.75 Å². The summed E-state index contributed by atoms with van der Waals surface area (Å²) in [6.07, 6.45) is 5.39. The summed E-state index contributed by atoms with van der Waals surface area (Å²) in [4.78, 5) is 0. The van der Waals surface area contributed by atoms with Crippen molar-refractivity contribution in [1.29, 1.82) is 0 Å². The Bertz CT molecular complexity index is 348. The standard InChI is InChI=1S/C13H18BrNO/c1-16-12-6-7-13(14)10(8-12)9-15-11-4-2-3-5-11/h6-8,11,15H,2-5,9H2,1H3. The molecule has 3 heteroatoms. The zero-order valence-electron chi connectivity index (χ0n) is 9.63. The highest BCUT2D eigenvalue weighted by Crippen LogP contribution is 2.23. The van der Waals surface area contributed by atoms with E-state index >= 15 is 0 Å². The average molecular weight is 284 g/mol. The van der Waals surface area contributed by atoms with E-state index in [2.05, 4.69) is 27.3 Å². The fraction of sp³-hybridized carbons (Fsp3) is 0.538. The van der Waals surface area contributed by atoms with E-state index in [-0.39, 0.29) is 0 Å². The highest BCUT2D eigenvalue weighted by molar-refractivity contribution is 9.10. The molecule has 0 aromatic heterocycles. The molecule has 0 unspecified atom stereocenters. The molecule has 0 heterocycles. The van der Waals surface area contributed by atoms with Crippen molar-refractivity contribution in [2.75, 3.05) is 7.11 Å². The van der Waals surface area contributed by atoms with Crippen LogP contribution in [0.2, 0.25) is 0 Å². The lowest BCUT2D eigenvalue weighted by Gasteiger charge is -2.13. The van der Waals surface area contributed by atoms with E-state index < -0.39 is 0 Å². The zero-order valence-corrected chi connectivity index (χ0v) is 11.2. The van der Waals surface area contributed by atoms with Crippen molar-refractivity contribution in [1.82, 2.24) is 5.32 Å². The molecular weight excluding hydrogens is 266 g/mol. The minimum atomic E-state index is 0.707. The lowest BCUT2D eigenvalue weighted by molar-refractivity contribution is 0.413. The van der Waals surface area contributed by atoms with E-state index in [4.69, 9.17) is 4.74 Å². The van der Waals surface area contributed by atoms with Gasteiger partial charge in [-0.3, -0.25) is 0 Å². The first-order chi connectivity index (χ1) is 7.79. The molecule has 1 aliphatic carbocycles. The molecule has 1 fully saturated rings. The van der Waals surface area contributed by atoms with Gasteiger partial charge in [-0.2, -0.15) is 0 Å². The third-order valence-electron chi connectivity index (χ3n) is 3.19. The summed E-state index contributed by atoms with van der Waals surface area (Å²) in [6, 6.07) is 6.82. The van der Waals surface area contributed by atoms with Crippen LogP contribution in [0.1, 0.15) is 31.2 Å². The van der Waals surface area contributed by atoms with Crippen molar-refractivity contribution in [3.05, 3.63) is 28.2 Å². The molecule has 2 nitrogen and oxygen atoms in total. The summed E-state index contributed by atoms with van der Waals surface area (Å²) in [6.45, 7) is 0.919. The van der Waals surface area contributed by atoms with Crippen molar-refractivity contribution < 1.29 is 4.74 Å². The highest BCUT2D eigenvalue weighted by atomic mass is 79.9. The fourth-order valence-electron chi connectivity index (χ4n) is 2.20. The number of hydrogen-bond acceptors (Lipinski definition) is 2. The first-order valence-electron chi connectivity index (χ1n) is 5.85. The minimum absolute atomic E-state index is 0.707. The number of benzene rings is 1. The Morgan fingerprint density at radius 2 is 2.12 bits per heavy atom. The maximum absolute atomic E-state index is 5.23. The van der Waals surface area contributed by atoms with Crippen LogP contribution >= 0.6 is 15.9 Å². The van der Waals surface area contributed by atoms with Gasteiger partial charge in [0.1, 0.15) is 5.75 Å². The van der Waals surface area contributed by atoms with Gasteiger partial charge in [0, 0.05) is 17.1 Å². The Labute approximate surface area is 106 Å². The first kappa shape index (κ1) is 11.9. The Morgan fingerprint density at radius 1 is 1.38 bits per heavy atom. The Hall–Kier alpha value is -0.540. The quantitative estimate of drug-likeness (QED) is 0.913. The summed E-state index contributed by atoms with van der Waals surface area (Å²) < 4.78 is 6.38. The Morgan fingerprint density at radius 3 is 2.81 bits per heavy atom. The van der Waals surface area contributed by atoms with E-state index in [1.165, 1.54) is 31.2 Å². The van der Waals surface area contributed by atoms with E-state index in [0.717, 1.165) is 16.8 Å². The van der Waals surface area contributed by atoms with Gasteiger partial charge in [-0.1, -0.05) is 28.8 Å². The monoisotopic (exact) mass is 283 g/mol. The topological polar surface area (TPSA) is 21.3 Å². The number of methoxy groups -OCH3 is 1. The van der Waals surface area contributed by atoms with Crippen molar-refractivity contribution in [2.24, 2.45) is 0 Å². The molecule has 1 aromatic carbocycles. The van der Waals surface area contributed by atoms with Crippen molar-refractivity contribution in [3.63, 3.8) is 0 Å². The predicted octanol–water partition coefficient (Wildman–Crippen LogP) is 3.49. The molecule has 0 aliphatic heterocycles. The smallest absolute Gasteiger partial charge is 0.119 e. The highest BCUT2D eigenvalue weighted by Gasteiger charge is 2.14. The van der Waals surface area contributed by atoms with Crippen LogP contribution in [0.25, 0.3) is 0 Å². The van der Waals surface area contributed by atoms with Crippen LogP contribution in [0.15, 0.2) is 22.7 Å². The molecule has 0 radical (unpaired) electrons. The molecule has 0 amide bonds. The van der Waals surface area contributed by atoms with Crippen molar-refractivity contribution in [2.45, 2.75) is 38.3 Å². The third-order valence-corrected chi connectivity index (χ3v) is 3.96. The largest absolute Gasteiger partial charge is 0.497 e.